The zero-order valence-corrected chi connectivity index (χ0v) is 12.4. The fourth-order valence-electron chi connectivity index (χ4n) is 2.56. The molecule has 1 aromatic carbocycles. The van der Waals surface area contributed by atoms with E-state index in [-0.39, 0.29) is 6.04 Å². The number of aryl methyl sites for hydroxylation is 1. The minimum Gasteiger partial charge on any atom is -0.383 e. The van der Waals surface area contributed by atoms with Gasteiger partial charge in [0.25, 0.3) is 0 Å². The second kappa shape index (κ2) is 6.87. The molecule has 2 rings (SSSR count). The quantitative estimate of drug-likeness (QED) is 0.826. The molecule has 0 fully saturated rings. The summed E-state index contributed by atoms with van der Waals surface area (Å²) in [6, 6.07) is 9.34. The van der Waals surface area contributed by atoms with Crippen molar-refractivity contribution in [2.75, 3.05) is 13.7 Å². The second-order valence-corrected chi connectivity index (χ2v) is 5.59. The lowest BCUT2D eigenvalue weighted by Crippen LogP contribution is -2.48. The van der Waals surface area contributed by atoms with Crippen molar-refractivity contribution >= 4 is 17.3 Å². The van der Waals surface area contributed by atoms with Gasteiger partial charge < -0.3 is 15.4 Å². The highest BCUT2D eigenvalue weighted by molar-refractivity contribution is 7.80. The standard InChI is InChI=1S/C15H22N2OS/c1-11(10-18-2)16-15(19)17-14-8-7-12-5-3-4-6-13(12)9-14/h3-6,11,14H,7-10H2,1-2H3,(H2,16,17,19). The molecule has 0 spiro atoms. The molecule has 0 aliphatic heterocycles. The van der Waals surface area contributed by atoms with Gasteiger partial charge in [-0.15, -0.1) is 0 Å². The molecule has 2 N–H and O–H groups in total. The largest absolute Gasteiger partial charge is 0.383 e. The zero-order valence-electron chi connectivity index (χ0n) is 11.6. The predicted molar refractivity (Wildman–Crippen MR) is 82.5 cm³/mol. The van der Waals surface area contributed by atoms with Crippen LogP contribution in [0.15, 0.2) is 24.3 Å². The Morgan fingerprint density at radius 2 is 2.16 bits per heavy atom. The monoisotopic (exact) mass is 278 g/mol. The molecule has 4 heteroatoms. The Labute approximate surface area is 120 Å². The smallest absolute Gasteiger partial charge is 0.166 e. The fraction of sp³-hybridized carbons (Fsp3) is 0.533. The molecule has 2 unspecified atom stereocenters. The van der Waals surface area contributed by atoms with E-state index in [1.165, 1.54) is 11.1 Å². The lowest BCUT2D eigenvalue weighted by Gasteiger charge is -2.27. The topological polar surface area (TPSA) is 33.3 Å². The minimum absolute atomic E-state index is 0.237. The maximum absolute atomic E-state index is 5.35. The first-order valence-corrected chi connectivity index (χ1v) is 7.22. The summed E-state index contributed by atoms with van der Waals surface area (Å²) in [5.74, 6) is 0. The Hall–Kier alpha value is -1.13. The van der Waals surface area contributed by atoms with E-state index in [2.05, 4.69) is 41.8 Å². The molecule has 104 valence electrons. The SMILES string of the molecule is COCC(C)NC(=S)NC1CCc2ccccc2C1. The molecule has 0 bridgehead atoms. The van der Waals surface area contributed by atoms with Gasteiger partial charge in [-0.1, -0.05) is 24.3 Å². The molecular formula is C15H22N2OS. The zero-order chi connectivity index (χ0) is 13.7. The molecule has 1 aliphatic rings. The van der Waals surface area contributed by atoms with Gasteiger partial charge in [-0.05, 0) is 49.5 Å². The number of methoxy groups -OCH3 is 1. The van der Waals surface area contributed by atoms with Crippen LogP contribution >= 0.6 is 12.2 Å². The van der Waals surface area contributed by atoms with Crippen LogP contribution in [0.2, 0.25) is 0 Å². The van der Waals surface area contributed by atoms with Crippen molar-refractivity contribution in [2.24, 2.45) is 0 Å². The molecule has 0 radical (unpaired) electrons. The Bertz CT molecular complexity index is 436. The van der Waals surface area contributed by atoms with Gasteiger partial charge in [-0.3, -0.25) is 0 Å². The molecule has 1 aromatic rings. The Balaban J connectivity index is 1.83. The van der Waals surface area contributed by atoms with Gasteiger partial charge in [-0.25, -0.2) is 0 Å². The molecule has 19 heavy (non-hydrogen) atoms. The van der Waals surface area contributed by atoms with E-state index in [9.17, 15) is 0 Å². The maximum Gasteiger partial charge on any atom is 0.166 e. The fourth-order valence-corrected chi connectivity index (χ4v) is 2.93. The minimum atomic E-state index is 0.237. The van der Waals surface area contributed by atoms with E-state index < -0.39 is 0 Å². The molecule has 0 saturated carbocycles. The van der Waals surface area contributed by atoms with Crippen molar-refractivity contribution in [2.45, 2.75) is 38.3 Å². The van der Waals surface area contributed by atoms with Crippen LogP contribution in [0.3, 0.4) is 0 Å². The van der Waals surface area contributed by atoms with Crippen molar-refractivity contribution in [3.8, 4) is 0 Å². The first-order chi connectivity index (χ1) is 9.19. The third-order valence-corrected chi connectivity index (χ3v) is 3.71. The lowest BCUT2D eigenvalue weighted by molar-refractivity contribution is 0.179. The molecule has 0 heterocycles. The third-order valence-electron chi connectivity index (χ3n) is 3.48. The van der Waals surface area contributed by atoms with Crippen molar-refractivity contribution in [1.29, 1.82) is 0 Å². The van der Waals surface area contributed by atoms with Gasteiger partial charge >= 0.3 is 0 Å². The number of benzene rings is 1. The first-order valence-electron chi connectivity index (χ1n) is 6.81. The number of rotatable bonds is 4. The van der Waals surface area contributed by atoms with Crippen LogP contribution in [0.5, 0.6) is 0 Å². The summed E-state index contributed by atoms with van der Waals surface area (Å²) in [7, 11) is 1.70. The molecular weight excluding hydrogens is 256 g/mol. The highest BCUT2D eigenvalue weighted by Crippen LogP contribution is 2.20. The average molecular weight is 278 g/mol. The van der Waals surface area contributed by atoms with Crippen molar-refractivity contribution in [3.63, 3.8) is 0 Å². The summed E-state index contributed by atoms with van der Waals surface area (Å²) in [5, 5.41) is 7.39. The highest BCUT2D eigenvalue weighted by atomic mass is 32.1. The van der Waals surface area contributed by atoms with Gasteiger partial charge in [0.2, 0.25) is 0 Å². The van der Waals surface area contributed by atoms with Crippen LogP contribution in [-0.4, -0.2) is 30.9 Å². The molecule has 0 aromatic heterocycles. The Morgan fingerprint density at radius 1 is 1.42 bits per heavy atom. The highest BCUT2D eigenvalue weighted by Gasteiger charge is 2.18. The van der Waals surface area contributed by atoms with Crippen LogP contribution in [0.1, 0.15) is 24.5 Å². The molecule has 0 amide bonds. The van der Waals surface area contributed by atoms with Crippen molar-refractivity contribution < 1.29 is 4.74 Å². The normalized spacial score (nSPS) is 19.4. The van der Waals surface area contributed by atoms with E-state index in [0.29, 0.717) is 12.6 Å². The summed E-state index contributed by atoms with van der Waals surface area (Å²) in [6.07, 6.45) is 3.32. The number of hydrogen-bond acceptors (Lipinski definition) is 2. The molecule has 1 aliphatic carbocycles. The Morgan fingerprint density at radius 3 is 2.89 bits per heavy atom. The first kappa shape index (κ1) is 14.3. The summed E-state index contributed by atoms with van der Waals surface area (Å²) < 4.78 is 5.09. The summed E-state index contributed by atoms with van der Waals surface area (Å²) >= 11 is 5.35. The average Bonchev–Trinajstić information content (AvgIpc) is 2.38. The summed E-state index contributed by atoms with van der Waals surface area (Å²) in [5.41, 5.74) is 2.92. The number of nitrogens with one attached hydrogen (secondary N) is 2. The predicted octanol–water partition coefficient (Wildman–Crippen LogP) is 2.04. The summed E-state index contributed by atoms with van der Waals surface area (Å²) in [4.78, 5) is 0. The van der Waals surface area contributed by atoms with Crippen LogP contribution in [-0.2, 0) is 17.6 Å². The van der Waals surface area contributed by atoms with Gasteiger partial charge in [0.15, 0.2) is 5.11 Å². The Kier molecular flexibility index (Phi) is 5.16. The second-order valence-electron chi connectivity index (χ2n) is 5.18. The van der Waals surface area contributed by atoms with Crippen molar-refractivity contribution in [3.05, 3.63) is 35.4 Å². The van der Waals surface area contributed by atoms with E-state index >= 15 is 0 Å². The molecule has 3 nitrogen and oxygen atoms in total. The lowest BCUT2D eigenvalue weighted by atomic mass is 9.88. The number of fused-ring (bicyclic) bond motifs is 1. The number of thiocarbonyl (C=S) groups is 1. The van der Waals surface area contributed by atoms with Crippen LogP contribution in [0.4, 0.5) is 0 Å². The number of hydrogen-bond donors (Lipinski definition) is 2. The molecule has 2 atom stereocenters. The summed E-state index contributed by atoms with van der Waals surface area (Å²) in [6.45, 7) is 2.73. The van der Waals surface area contributed by atoms with Gasteiger partial charge in [0, 0.05) is 19.2 Å². The van der Waals surface area contributed by atoms with E-state index in [0.717, 1.165) is 24.4 Å². The van der Waals surface area contributed by atoms with E-state index in [4.69, 9.17) is 17.0 Å². The number of ether oxygens (including phenoxy) is 1. The van der Waals surface area contributed by atoms with Crippen LogP contribution < -0.4 is 10.6 Å². The van der Waals surface area contributed by atoms with E-state index in [1.54, 1.807) is 7.11 Å². The van der Waals surface area contributed by atoms with Crippen LogP contribution in [0, 0.1) is 0 Å². The van der Waals surface area contributed by atoms with Gasteiger partial charge in [0.05, 0.1) is 6.61 Å². The van der Waals surface area contributed by atoms with Gasteiger partial charge in [0.1, 0.15) is 0 Å². The molecule has 0 saturated heterocycles. The maximum atomic E-state index is 5.35. The van der Waals surface area contributed by atoms with E-state index in [1.807, 2.05) is 0 Å². The van der Waals surface area contributed by atoms with Crippen molar-refractivity contribution in [1.82, 2.24) is 10.6 Å². The third kappa shape index (κ3) is 4.18. The van der Waals surface area contributed by atoms with Crippen LogP contribution in [0.25, 0.3) is 0 Å². The van der Waals surface area contributed by atoms with Gasteiger partial charge in [-0.2, -0.15) is 0 Å².